The van der Waals surface area contributed by atoms with Crippen LogP contribution < -0.4 is 10.3 Å². The summed E-state index contributed by atoms with van der Waals surface area (Å²) in [6.07, 6.45) is 0. The number of nitrogens with one attached hydrogen (secondary N) is 1. The highest BCUT2D eigenvalue weighted by molar-refractivity contribution is 7.22. The summed E-state index contributed by atoms with van der Waals surface area (Å²) in [5, 5.41) is 0.668. The third-order valence-corrected chi connectivity index (χ3v) is 5.43. The Morgan fingerprint density at radius 1 is 1.00 bits per heavy atom. The minimum atomic E-state index is -0.105. The van der Waals surface area contributed by atoms with Crippen molar-refractivity contribution in [1.29, 1.82) is 0 Å². The molecule has 0 saturated carbocycles. The van der Waals surface area contributed by atoms with E-state index in [9.17, 15) is 4.79 Å². The molecule has 0 fully saturated rings. The van der Waals surface area contributed by atoms with Crippen LogP contribution in [0.15, 0.2) is 59.4 Å². The third-order valence-electron chi connectivity index (χ3n) is 4.20. The molecule has 0 radical (unpaired) electrons. The van der Waals surface area contributed by atoms with E-state index in [1.807, 2.05) is 49.4 Å². The van der Waals surface area contributed by atoms with Crippen molar-refractivity contribution in [1.82, 2.24) is 9.97 Å². The number of hydrogen-bond acceptors (Lipinski definition) is 4. The number of thiophene rings is 1. The molecule has 0 unspecified atom stereocenters. The van der Waals surface area contributed by atoms with Crippen molar-refractivity contribution < 1.29 is 4.74 Å². The Bertz CT molecular complexity index is 1100. The molecule has 0 aliphatic carbocycles. The minimum Gasteiger partial charge on any atom is -0.497 e. The van der Waals surface area contributed by atoms with Gasteiger partial charge in [-0.2, -0.15) is 0 Å². The molecule has 25 heavy (non-hydrogen) atoms. The van der Waals surface area contributed by atoms with E-state index in [0.717, 1.165) is 32.1 Å². The van der Waals surface area contributed by atoms with Crippen LogP contribution in [-0.2, 0) is 0 Å². The van der Waals surface area contributed by atoms with Crippen LogP contribution in [0, 0.1) is 6.92 Å². The largest absolute Gasteiger partial charge is 0.497 e. The van der Waals surface area contributed by atoms with Gasteiger partial charge >= 0.3 is 0 Å². The van der Waals surface area contributed by atoms with Gasteiger partial charge in [-0.1, -0.05) is 30.3 Å². The Morgan fingerprint density at radius 2 is 1.72 bits per heavy atom. The molecule has 0 amide bonds. The molecule has 124 valence electrons. The summed E-state index contributed by atoms with van der Waals surface area (Å²) in [7, 11) is 1.63. The van der Waals surface area contributed by atoms with Crippen LogP contribution in [-0.4, -0.2) is 17.1 Å². The van der Waals surface area contributed by atoms with E-state index in [-0.39, 0.29) is 5.56 Å². The predicted molar refractivity (Wildman–Crippen MR) is 102 cm³/mol. The second-order valence-corrected chi connectivity index (χ2v) is 6.74. The van der Waals surface area contributed by atoms with Crippen LogP contribution in [0.3, 0.4) is 0 Å². The van der Waals surface area contributed by atoms with Crippen LogP contribution in [0.4, 0.5) is 0 Å². The zero-order valence-corrected chi connectivity index (χ0v) is 14.7. The Morgan fingerprint density at radius 3 is 2.40 bits per heavy atom. The molecule has 0 aliphatic rings. The first-order valence-corrected chi connectivity index (χ1v) is 8.72. The van der Waals surface area contributed by atoms with Crippen molar-refractivity contribution in [2.24, 2.45) is 0 Å². The van der Waals surface area contributed by atoms with Gasteiger partial charge in [0.2, 0.25) is 0 Å². The van der Waals surface area contributed by atoms with Crippen molar-refractivity contribution in [2.75, 3.05) is 7.11 Å². The number of aromatic amines is 1. The number of aryl methyl sites for hydroxylation is 1. The van der Waals surface area contributed by atoms with E-state index in [1.165, 1.54) is 0 Å². The van der Waals surface area contributed by atoms with E-state index >= 15 is 0 Å². The average molecular weight is 348 g/mol. The lowest BCUT2D eigenvalue weighted by Gasteiger charge is -2.03. The fraction of sp³-hybridized carbons (Fsp3) is 0.100. The third kappa shape index (κ3) is 2.72. The first-order chi connectivity index (χ1) is 12.2. The molecule has 1 N–H and O–H groups in total. The standard InChI is InChI=1S/C20H16N2O2S/c1-12-16-19(23)21-18(14-8-10-15(24-2)11-9-14)22-20(16)25-17(12)13-6-4-3-5-7-13/h3-11H,1-2H3,(H,21,22,23). The molecule has 0 spiro atoms. The number of fused-ring (bicyclic) bond motifs is 1. The quantitative estimate of drug-likeness (QED) is 0.587. The van der Waals surface area contributed by atoms with Crippen LogP contribution in [0.1, 0.15) is 5.56 Å². The van der Waals surface area contributed by atoms with Gasteiger partial charge in [0.15, 0.2) is 0 Å². The Kier molecular flexibility index (Phi) is 3.86. The van der Waals surface area contributed by atoms with Crippen molar-refractivity contribution in [3.8, 4) is 27.6 Å². The van der Waals surface area contributed by atoms with Gasteiger partial charge in [0.05, 0.1) is 12.5 Å². The predicted octanol–water partition coefficient (Wildman–Crippen LogP) is 4.64. The Hall–Kier alpha value is -2.92. The van der Waals surface area contributed by atoms with Gasteiger partial charge < -0.3 is 9.72 Å². The molecule has 4 rings (SSSR count). The number of H-pyrrole nitrogens is 1. The summed E-state index contributed by atoms with van der Waals surface area (Å²) >= 11 is 1.55. The van der Waals surface area contributed by atoms with Gasteiger partial charge in [0, 0.05) is 10.4 Å². The van der Waals surface area contributed by atoms with Crippen molar-refractivity contribution in [2.45, 2.75) is 6.92 Å². The summed E-state index contributed by atoms with van der Waals surface area (Å²) in [5.74, 6) is 1.34. The number of rotatable bonds is 3. The molecule has 0 saturated heterocycles. The maximum atomic E-state index is 12.6. The highest BCUT2D eigenvalue weighted by Crippen LogP contribution is 2.36. The fourth-order valence-electron chi connectivity index (χ4n) is 2.89. The number of methoxy groups -OCH3 is 1. The van der Waals surface area contributed by atoms with Gasteiger partial charge in [-0.05, 0) is 42.3 Å². The lowest BCUT2D eigenvalue weighted by molar-refractivity contribution is 0.415. The number of hydrogen-bond donors (Lipinski definition) is 1. The Balaban J connectivity index is 1.88. The van der Waals surface area contributed by atoms with Crippen molar-refractivity contribution in [3.63, 3.8) is 0 Å². The van der Waals surface area contributed by atoms with E-state index in [2.05, 4.69) is 17.1 Å². The zero-order valence-electron chi connectivity index (χ0n) is 13.9. The molecule has 4 aromatic rings. The monoisotopic (exact) mass is 348 g/mol. The summed E-state index contributed by atoms with van der Waals surface area (Å²) in [5.41, 5.74) is 2.83. The molecule has 4 nitrogen and oxygen atoms in total. The summed E-state index contributed by atoms with van der Waals surface area (Å²) in [6.45, 7) is 1.98. The van der Waals surface area contributed by atoms with Crippen LogP contribution >= 0.6 is 11.3 Å². The smallest absolute Gasteiger partial charge is 0.260 e. The maximum absolute atomic E-state index is 12.6. The highest BCUT2D eigenvalue weighted by atomic mass is 32.1. The highest BCUT2D eigenvalue weighted by Gasteiger charge is 2.16. The molecule has 0 atom stereocenters. The molecular weight excluding hydrogens is 332 g/mol. The fourth-order valence-corrected chi connectivity index (χ4v) is 4.08. The van der Waals surface area contributed by atoms with Gasteiger partial charge in [-0.15, -0.1) is 11.3 Å². The summed E-state index contributed by atoms with van der Waals surface area (Å²) in [4.78, 5) is 22.1. The van der Waals surface area contributed by atoms with Gasteiger partial charge in [0.1, 0.15) is 16.4 Å². The number of benzene rings is 2. The summed E-state index contributed by atoms with van der Waals surface area (Å²) in [6, 6.07) is 17.6. The van der Waals surface area contributed by atoms with Gasteiger partial charge in [-0.3, -0.25) is 4.79 Å². The number of aromatic nitrogens is 2. The minimum absolute atomic E-state index is 0.105. The van der Waals surface area contributed by atoms with E-state index in [4.69, 9.17) is 9.72 Å². The average Bonchev–Trinajstić information content (AvgIpc) is 2.99. The van der Waals surface area contributed by atoms with Crippen LogP contribution in [0.5, 0.6) is 5.75 Å². The normalized spacial score (nSPS) is 11.0. The van der Waals surface area contributed by atoms with Crippen LogP contribution in [0.2, 0.25) is 0 Å². The van der Waals surface area contributed by atoms with Crippen molar-refractivity contribution >= 4 is 21.6 Å². The molecule has 2 heterocycles. The van der Waals surface area contributed by atoms with Crippen molar-refractivity contribution in [3.05, 3.63) is 70.5 Å². The van der Waals surface area contributed by atoms with E-state index < -0.39 is 0 Å². The number of nitrogens with zero attached hydrogens (tertiary/aromatic N) is 1. The second-order valence-electron chi connectivity index (χ2n) is 5.75. The van der Waals surface area contributed by atoms with E-state index in [0.29, 0.717) is 11.2 Å². The van der Waals surface area contributed by atoms with Gasteiger partial charge in [0.25, 0.3) is 5.56 Å². The molecule has 2 aromatic carbocycles. The Labute approximate surface area is 148 Å². The first-order valence-electron chi connectivity index (χ1n) is 7.90. The van der Waals surface area contributed by atoms with Crippen LogP contribution in [0.25, 0.3) is 32.0 Å². The zero-order chi connectivity index (χ0) is 17.4. The maximum Gasteiger partial charge on any atom is 0.260 e. The molecule has 0 aliphatic heterocycles. The molecule has 2 aromatic heterocycles. The molecular formula is C20H16N2O2S. The molecule has 0 bridgehead atoms. The molecule has 5 heteroatoms. The SMILES string of the molecule is COc1ccc(-c2nc3sc(-c4ccccc4)c(C)c3c(=O)[nH]2)cc1. The lowest BCUT2D eigenvalue weighted by atomic mass is 10.1. The van der Waals surface area contributed by atoms with Gasteiger partial charge in [-0.25, -0.2) is 4.98 Å². The first kappa shape index (κ1) is 15.6. The second kappa shape index (κ2) is 6.18. The van der Waals surface area contributed by atoms with E-state index in [1.54, 1.807) is 18.4 Å². The number of ether oxygens (including phenoxy) is 1. The lowest BCUT2D eigenvalue weighted by Crippen LogP contribution is -2.09. The topological polar surface area (TPSA) is 55.0 Å². The summed E-state index contributed by atoms with van der Waals surface area (Å²) < 4.78 is 5.18.